The first-order valence-electron chi connectivity index (χ1n) is 7.76. The molecule has 0 aliphatic rings. The number of nitrogens with zero attached hydrogens (tertiary/aromatic N) is 2. The van der Waals surface area contributed by atoms with Crippen molar-refractivity contribution in [2.45, 2.75) is 20.0 Å². The van der Waals surface area contributed by atoms with Gasteiger partial charge in [-0.3, -0.25) is 10.1 Å². The molecular formula is C19H17BrN2O4. The van der Waals surface area contributed by atoms with E-state index in [4.69, 9.17) is 9.47 Å². The summed E-state index contributed by atoms with van der Waals surface area (Å²) in [5.41, 5.74) is 1.41. The number of allylic oxidation sites excluding steroid dienone is 1. The monoisotopic (exact) mass is 416 g/mol. The summed E-state index contributed by atoms with van der Waals surface area (Å²) < 4.78 is 11.8. The molecule has 0 amide bonds. The fraction of sp³-hybridized carbons (Fsp3) is 0.211. The number of nitriles is 1. The molecule has 0 spiro atoms. The van der Waals surface area contributed by atoms with Crippen molar-refractivity contribution in [2.24, 2.45) is 0 Å². The summed E-state index contributed by atoms with van der Waals surface area (Å²) in [6.07, 6.45) is 1.62. The Morgan fingerprint density at radius 2 is 2.08 bits per heavy atom. The molecule has 0 heterocycles. The van der Waals surface area contributed by atoms with Gasteiger partial charge in [0.15, 0.2) is 11.5 Å². The molecule has 0 aromatic heterocycles. The summed E-state index contributed by atoms with van der Waals surface area (Å²) in [4.78, 5) is 10.5. The topological polar surface area (TPSA) is 85.4 Å². The van der Waals surface area contributed by atoms with E-state index in [1.165, 1.54) is 19.2 Å². The lowest BCUT2D eigenvalue weighted by atomic mass is 10.0. The zero-order valence-electron chi connectivity index (χ0n) is 14.5. The minimum absolute atomic E-state index is 0.0267. The molecular weight excluding hydrogens is 400 g/mol. The van der Waals surface area contributed by atoms with Crippen LogP contribution in [0, 0.1) is 21.4 Å². The van der Waals surface area contributed by atoms with Crippen LogP contribution in [0.5, 0.6) is 11.5 Å². The highest BCUT2D eigenvalue weighted by Crippen LogP contribution is 2.38. The van der Waals surface area contributed by atoms with Crippen LogP contribution in [0.4, 0.5) is 5.69 Å². The Balaban J connectivity index is 2.50. The average molecular weight is 417 g/mol. The Labute approximate surface area is 159 Å². The van der Waals surface area contributed by atoms with Gasteiger partial charge in [-0.05, 0) is 59.1 Å². The number of non-ortho nitro benzene ring substituents is 1. The van der Waals surface area contributed by atoms with Gasteiger partial charge in [-0.25, -0.2) is 0 Å². The maximum absolute atomic E-state index is 10.9. The van der Waals surface area contributed by atoms with Crippen molar-refractivity contribution in [3.8, 4) is 17.6 Å². The molecule has 0 bridgehead atoms. The van der Waals surface area contributed by atoms with Crippen molar-refractivity contribution >= 4 is 33.3 Å². The Morgan fingerprint density at radius 1 is 1.35 bits per heavy atom. The Kier molecular flexibility index (Phi) is 6.36. The van der Waals surface area contributed by atoms with Crippen molar-refractivity contribution in [1.29, 1.82) is 5.26 Å². The molecule has 0 N–H and O–H groups in total. The van der Waals surface area contributed by atoms with E-state index in [0.29, 0.717) is 32.7 Å². The summed E-state index contributed by atoms with van der Waals surface area (Å²) in [5.74, 6) is 1.10. The maximum Gasteiger partial charge on any atom is 0.270 e. The lowest BCUT2D eigenvalue weighted by molar-refractivity contribution is -0.384. The van der Waals surface area contributed by atoms with Crippen LogP contribution < -0.4 is 9.47 Å². The normalized spacial score (nSPS) is 11.2. The second-order valence-electron chi connectivity index (χ2n) is 5.68. The fourth-order valence-corrected chi connectivity index (χ4v) is 2.86. The summed E-state index contributed by atoms with van der Waals surface area (Å²) in [5, 5.41) is 20.4. The first kappa shape index (κ1) is 19.5. The van der Waals surface area contributed by atoms with Gasteiger partial charge in [-0.15, -0.1) is 0 Å². The fourth-order valence-electron chi connectivity index (χ4n) is 2.31. The van der Waals surface area contributed by atoms with Crippen LogP contribution in [0.15, 0.2) is 40.9 Å². The summed E-state index contributed by atoms with van der Waals surface area (Å²) >= 11 is 3.46. The minimum Gasteiger partial charge on any atom is -0.493 e. The summed E-state index contributed by atoms with van der Waals surface area (Å²) in [6, 6.07) is 11.6. The highest BCUT2D eigenvalue weighted by molar-refractivity contribution is 9.10. The molecule has 0 radical (unpaired) electrons. The lowest BCUT2D eigenvalue weighted by Gasteiger charge is -2.16. The third-order valence-corrected chi connectivity index (χ3v) is 3.99. The molecule has 7 heteroatoms. The molecule has 0 fully saturated rings. The molecule has 2 rings (SSSR count). The largest absolute Gasteiger partial charge is 0.493 e. The van der Waals surface area contributed by atoms with Crippen molar-refractivity contribution in [2.75, 3.05) is 7.11 Å². The average Bonchev–Trinajstić information content (AvgIpc) is 2.61. The Bertz CT molecular complexity index is 901. The third kappa shape index (κ3) is 4.61. The van der Waals surface area contributed by atoms with Gasteiger partial charge in [0.25, 0.3) is 5.69 Å². The Morgan fingerprint density at radius 3 is 2.65 bits per heavy atom. The number of methoxy groups -OCH3 is 1. The smallest absolute Gasteiger partial charge is 0.270 e. The van der Waals surface area contributed by atoms with Gasteiger partial charge in [-0.1, -0.05) is 12.1 Å². The van der Waals surface area contributed by atoms with Gasteiger partial charge >= 0.3 is 0 Å². The van der Waals surface area contributed by atoms with E-state index in [0.717, 1.165) is 0 Å². The number of benzene rings is 2. The number of hydrogen-bond acceptors (Lipinski definition) is 5. The number of halogens is 1. The third-order valence-electron chi connectivity index (χ3n) is 3.40. The first-order valence-corrected chi connectivity index (χ1v) is 8.55. The molecule has 0 atom stereocenters. The molecule has 0 unspecified atom stereocenters. The van der Waals surface area contributed by atoms with Crippen LogP contribution in [-0.2, 0) is 0 Å². The molecule has 6 nitrogen and oxygen atoms in total. The first-order chi connectivity index (χ1) is 12.3. The number of nitro benzene ring substituents is 1. The second-order valence-corrected chi connectivity index (χ2v) is 6.53. The van der Waals surface area contributed by atoms with E-state index < -0.39 is 4.92 Å². The molecule has 0 saturated heterocycles. The van der Waals surface area contributed by atoms with Crippen LogP contribution in [0.3, 0.4) is 0 Å². The summed E-state index contributed by atoms with van der Waals surface area (Å²) in [6.45, 7) is 3.82. The predicted molar refractivity (Wildman–Crippen MR) is 103 cm³/mol. The predicted octanol–water partition coefficient (Wildman–Crippen LogP) is 5.22. The van der Waals surface area contributed by atoms with Crippen LogP contribution in [-0.4, -0.2) is 18.1 Å². The van der Waals surface area contributed by atoms with Crippen molar-refractivity contribution in [3.63, 3.8) is 0 Å². The zero-order valence-corrected chi connectivity index (χ0v) is 16.1. The van der Waals surface area contributed by atoms with Gasteiger partial charge in [0.05, 0.1) is 34.3 Å². The molecule has 0 saturated carbocycles. The second kappa shape index (κ2) is 8.50. The number of rotatable bonds is 6. The maximum atomic E-state index is 10.9. The van der Waals surface area contributed by atoms with Gasteiger partial charge in [0.1, 0.15) is 0 Å². The highest BCUT2D eigenvalue weighted by Gasteiger charge is 2.14. The molecule has 0 aliphatic heterocycles. The zero-order chi connectivity index (χ0) is 19.3. The van der Waals surface area contributed by atoms with Crippen molar-refractivity contribution < 1.29 is 14.4 Å². The van der Waals surface area contributed by atoms with E-state index in [9.17, 15) is 15.4 Å². The van der Waals surface area contributed by atoms with Gasteiger partial charge < -0.3 is 9.47 Å². The van der Waals surface area contributed by atoms with Crippen molar-refractivity contribution in [3.05, 3.63) is 62.1 Å². The van der Waals surface area contributed by atoms with E-state index in [-0.39, 0.29) is 11.8 Å². The highest BCUT2D eigenvalue weighted by atomic mass is 79.9. The Hall–Kier alpha value is -2.85. The van der Waals surface area contributed by atoms with Crippen LogP contribution in [0.2, 0.25) is 0 Å². The SMILES string of the molecule is COc1cc(C=C(C#N)c2cccc([N+](=O)[O-])c2)cc(Br)c1OC(C)C. The van der Waals surface area contributed by atoms with Crippen LogP contribution in [0.25, 0.3) is 11.6 Å². The summed E-state index contributed by atoms with van der Waals surface area (Å²) in [7, 11) is 1.54. The number of hydrogen-bond donors (Lipinski definition) is 0. The van der Waals surface area contributed by atoms with E-state index in [1.54, 1.807) is 30.3 Å². The lowest BCUT2D eigenvalue weighted by Crippen LogP contribution is -2.07. The number of nitro groups is 1. The molecule has 2 aromatic carbocycles. The van der Waals surface area contributed by atoms with E-state index >= 15 is 0 Å². The number of ether oxygens (including phenoxy) is 2. The minimum atomic E-state index is -0.490. The van der Waals surface area contributed by atoms with E-state index in [1.807, 2.05) is 13.8 Å². The van der Waals surface area contributed by atoms with Gasteiger partial charge in [0.2, 0.25) is 0 Å². The molecule has 134 valence electrons. The molecule has 0 aliphatic carbocycles. The van der Waals surface area contributed by atoms with Gasteiger partial charge in [0, 0.05) is 12.1 Å². The standard InChI is InChI=1S/C19H17BrN2O4/c1-12(2)26-19-17(20)8-13(9-18(19)25-3)7-15(11-21)14-5-4-6-16(10-14)22(23)24/h4-10,12H,1-3H3. The van der Waals surface area contributed by atoms with Crippen LogP contribution >= 0.6 is 15.9 Å². The molecule has 26 heavy (non-hydrogen) atoms. The van der Waals surface area contributed by atoms with Crippen molar-refractivity contribution in [1.82, 2.24) is 0 Å². The van der Waals surface area contributed by atoms with Gasteiger partial charge in [-0.2, -0.15) is 5.26 Å². The van der Waals surface area contributed by atoms with E-state index in [2.05, 4.69) is 22.0 Å². The molecule has 2 aromatic rings. The quantitative estimate of drug-likeness (QED) is 0.279. The van der Waals surface area contributed by atoms with Crippen LogP contribution in [0.1, 0.15) is 25.0 Å².